The summed E-state index contributed by atoms with van der Waals surface area (Å²) >= 11 is 0. The smallest absolute Gasteiger partial charge is 0.242 e. The fraction of sp³-hybridized carbons (Fsp3) is 0.909. The minimum Gasteiger partial charge on any atom is -0.344 e. The van der Waals surface area contributed by atoms with E-state index in [-0.39, 0.29) is 5.91 Å². The van der Waals surface area contributed by atoms with Crippen molar-refractivity contribution in [1.82, 2.24) is 4.90 Å². The molecule has 0 aliphatic carbocycles. The maximum Gasteiger partial charge on any atom is 0.242 e. The molecule has 84 valence electrons. The van der Waals surface area contributed by atoms with E-state index in [0.29, 0.717) is 0 Å². The summed E-state index contributed by atoms with van der Waals surface area (Å²) in [6.45, 7) is 6.80. The first-order chi connectivity index (χ1) is 6.45. The highest BCUT2D eigenvalue weighted by molar-refractivity contribution is 5.85. The van der Waals surface area contributed by atoms with Gasteiger partial charge >= 0.3 is 0 Å². The predicted octanol–water partition coefficient (Wildman–Crippen LogP) is 1.76. The number of unbranched alkanes of at least 4 members (excludes halogenated alkanes) is 1. The van der Waals surface area contributed by atoms with Crippen LogP contribution in [-0.4, -0.2) is 29.9 Å². The molecule has 1 amide bonds. The van der Waals surface area contributed by atoms with Crippen molar-refractivity contribution < 1.29 is 4.79 Å². The monoisotopic (exact) mass is 200 g/mol. The fourth-order valence-electron chi connectivity index (χ4n) is 1.56. The Bertz CT molecular complexity index is 178. The molecule has 2 N–H and O–H groups in total. The Morgan fingerprint density at radius 1 is 1.36 bits per heavy atom. The first-order valence-corrected chi connectivity index (χ1v) is 5.50. The number of rotatable bonds is 6. The van der Waals surface area contributed by atoms with E-state index in [1.165, 1.54) is 0 Å². The lowest BCUT2D eigenvalue weighted by Crippen LogP contribution is -2.52. The van der Waals surface area contributed by atoms with E-state index in [1.807, 2.05) is 20.9 Å². The van der Waals surface area contributed by atoms with Crippen LogP contribution in [0, 0.1) is 0 Å². The number of nitrogens with two attached hydrogens (primary N) is 1. The standard InChI is InChI=1S/C11H24N2O/c1-5-7-9-13(4)10(14)11(3,12)8-6-2/h5-9,12H2,1-4H3. The fourth-order valence-corrected chi connectivity index (χ4v) is 1.56. The summed E-state index contributed by atoms with van der Waals surface area (Å²) in [6.07, 6.45) is 3.85. The van der Waals surface area contributed by atoms with E-state index in [9.17, 15) is 4.79 Å². The molecule has 0 saturated carbocycles. The van der Waals surface area contributed by atoms with Crippen molar-refractivity contribution >= 4 is 5.91 Å². The molecular formula is C11H24N2O. The zero-order chi connectivity index (χ0) is 11.2. The highest BCUT2D eigenvalue weighted by Gasteiger charge is 2.29. The summed E-state index contributed by atoms with van der Waals surface area (Å²) < 4.78 is 0. The van der Waals surface area contributed by atoms with Crippen LogP contribution in [0.4, 0.5) is 0 Å². The summed E-state index contributed by atoms with van der Waals surface area (Å²) in [5.41, 5.74) is 5.27. The summed E-state index contributed by atoms with van der Waals surface area (Å²) in [5, 5.41) is 0. The van der Waals surface area contributed by atoms with Gasteiger partial charge in [0, 0.05) is 13.6 Å². The third kappa shape index (κ3) is 4.09. The van der Waals surface area contributed by atoms with Crippen LogP contribution in [0.2, 0.25) is 0 Å². The van der Waals surface area contributed by atoms with Crippen molar-refractivity contribution in [2.75, 3.05) is 13.6 Å². The van der Waals surface area contributed by atoms with Crippen LogP contribution in [0.1, 0.15) is 46.5 Å². The SMILES string of the molecule is CCCCN(C)C(=O)C(C)(N)CCC. The van der Waals surface area contributed by atoms with Gasteiger partial charge in [0.25, 0.3) is 0 Å². The van der Waals surface area contributed by atoms with Gasteiger partial charge in [-0.1, -0.05) is 26.7 Å². The van der Waals surface area contributed by atoms with Crippen molar-refractivity contribution in [2.45, 2.75) is 52.0 Å². The number of likely N-dealkylation sites (N-methyl/N-ethyl adjacent to an activating group) is 1. The van der Waals surface area contributed by atoms with Gasteiger partial charge in [0.1, 0.15) is 0 Å². The van der Waals surface area contributed by atoms with Gasteiger partial charge in [0.05, 0.1) is 5.54 Å². The minimum atomic E-state index is -0.683. The molecule has 1 atom stereocenters. The van der Waals surface area contributed by atoms with E-state index >= 15 is 0 Å². The van der Waals surface area contributed by atoms with Gasteiger partial charge < -0.3 is 10.6 Å². The van der Waals surface area contributed by atoms with Crippen molar-refractivity contribution in [2.24, 2.45) is 5.73 Å². The van der Waals surface area contributed by atoms with E-state index < -0.39 is 5.54 Å². The topological polar surface area (TPSA) is 46.3 Å². The lowest BCUT2D eigenvalue weighted by atomic mass is 9.96. The van der Waals surface area contributed by atoms with Gasteiger partial charge in [-0.2, -0.15) is 0 Å². The van der Waals surface area contributed by atoms with Gasteiger partial charge in [-0.15, -0.1) is 0 Å². The maximum atomic E-state index is 11.9. The predicted molar refractivity (Wildman–Crippen MR) is 60.0 cm³/mol. The number of nitrogens with zero attached hydrogens (tertiary/aromatic N) is 1. The third-order valence-corrected chi connectivity index (χ3v) is 2.45. The molecule has 3 nitrogen and oxygen atoms in total. The number of carbonyl (C=O) groups excluding carboxylic acids is 1. The molecule has 0 aromatic heterocycles. The summed E-state index contributed by atoms with van der Waals surface area (Å²) in [5.74, 6) is 0.0628. The lowest BCUT2D eigenvalue weighted by Gasteiger charge is -2.28. The molecule has 0 heterocycles. The Hall–Kier alpha value is -0.570. The largest absolute Gasteiger partial charge is 0.344 e. The molecule has 0 aromatic rings. The highest BCUT2D eigenvalue weighted by atomic mass is 16.2. The molecule has 1 unspecified atom stereocenters. The van der Waals surface area contributed by atoms with Crippen LogP contribution in [-0.2, 0) is 4.79 Å². The van der Waals surface area contributed by atoms with Crippen LogP contribution < -0.4 is 5.73 Å². The van der Waals surface area contributed by atoms with Crippen LogP contribution in [0.3, 0.4) is 0 Å². The van der Waals surface area contributed by atoms with Gasteiger partial charge in [-0.25, -0.2) is 0 Å². The molecule has 0 bridgehead atoms. The first kappa shape index (κ1) is 13.4. The van der Waals surface area contributed by atoms with Crippen molar-refractivity contribution in [1.29, 1.82) is 0 Å². The third-order valence-electron chi connectivity index (χ3n) is 2.45. The Morgan fingerprint density at radius 3 is 2.36 bits per heavy atom. The van der Waals surface area contributed by atoms with Gasteiger partial charge in [0.2, 0.25) is 5.91 Å². The lowest BCUT2D eigenvalue weighted by molar-refractivity contribution is -0.135. The molecule has 0 rings (SSSR count). The molecule has 3 heteroatoms. The van der Waals surface area contributed by atoms with Gasteiger partial charge in [0.15, 0.2) is 0 Å². The molecule has 0 aliphatic heterocycles. The molecule has 0 aromatic carbocycles. The Morgan fingerprint density at radius 2 is 1.93 bits per heavy atom. The average molecular weight is 200 g/mol. The van der Waals surface area contributed by atoms with E-state index in [1.54, 1.807) is 4.90 Å². The second-order valence-corrected chi connectivity index (χ2v) is 4.25. The quantitative estimate of drug-likeness (QED) is 0.710. The van der Waals surface area contributed by atoms with Crippen LogP contribution in [0.5, 0.6) is 0 Å². The summed E-state index contributed by atoms with van der Waals surface area (Å²) in [4.78, 5) is 13.6. The Labute approximate surface area is 87.6 Å². The van der Waals surface area contributed by atoms with Gasteiger partial charge in [-0.05, 0) is 19.8 Å². The average Bonchev–Trinajstić information content (AvgIpc) is 2.12. The molecule has 0 fully saturated rings. The van der Waals surface area contributed by atoms with Crippen molar-refractivity contribution in [3.8, 4) is 0 Å². The second kappa shape index (κ2) is 6.02. The molecular weight excluding hydrogens is 176 g/mol. The number of amides is 1. The molecule has 0 saturated heterocycles. The zero-order valence-corrected chi connectivity index (χ0v) is 9.97. The number of hydrogen-bond donors (Lipinski definition) is 1. The van der Waals surface area contributed by atoms with Crippen LogP contribution in [0.15, 0.2) is 0 Å². The van der Waals surface area contributed by atoms with E-state index in [2.05, 4.69) is 6.92 Å². The molecule has 0 aliphatic rings. The normalized spacial score (nSPS) is 14.9. The van der Waals surface area contributed by atoms with E-state index in [4.69, 9.17) is 5.73 Å². The molecule has 0 radical (unpaired) electrons. The summed E-state index contributed by atoms with van der Waals surface area (Å²) in [6, 6.07) is 0. The molecule has 0 spiro atoms. The molecule has 14 heavy (non-hydrogen) atoms. The number of hydrogen-bond acceptors (Lipinski definition) is 2. The second-order valence-electron chi connectivity index (χ2n) is 4.25. The van der Waals surface area contributed by atoms with Crippen LogP contribution >= 0.6 is 0 Å². The van der Waals surface area contributed by atoms with Gasteiger partial charge in [-0.3, -0.25) is 4.79 Å². The minimum absolute atomic E-state index is 0.0628. The Kier molecular flexibility index (Phi) is 5.77. The highest BCUT2D eigenvalue weighted by Crippen LogP contribution is 2.12. The number of carbonyl (C=O) groups is 1. The first-order valence-electron chi connectivity index (χ1n) is 5.50. The maximum absolute atomic E-state index is 11.9. The van der Waals surface area contributed by atoms with Crippen LogP contribution in [0.25, 0.3) is 0 Å². The van der Waals surface area contributed by atoms with E-state index in [0.717, 1.165) is 32.2 Å². The summed E-state index contributed by atoms with van der Waals surface area (Å²) in [7, 11) is 1.83. The van der Waals surface area contributed by atoms with Crippen molar-refractivity contribution in [3.05, 3.63) is 0 Å². The Balaban J connectivity index is 4.15. The van der Waals surface area contributed by atoms with Crippen molar-refractivity contribution in [3.63, 3.8) is 0 Å². The zero-order valence-electron chi connectivity index (χ0n) is 9.97.